The standard InChI is InChI=1S/C8H9ClNO2S/c1-7-2-4-8(5-3-7)13(11,12)10-6-9/h2-6,10H,1H3. The summed E-state index contributed by atoms with van der Waals surface area (Å²) in [5.74, 6) is 0. The van der Waals surface area contributed by atoms with Crippen molar-refractivity contribution in [3.8, 4) is 0 Å². The summed E-state index contributed by atoms with van der Waals surface area (Å²) in [6.07, 6.45) is 0. The third kappa shape index (κ3) is 2.69. The fraction of sp³-hybridized carbons (Fsp3) is 0.125. The fourth-order valence-corrected chi connectivity index (χ4v) is 1.94. The second-order valence-corrected chi connectivity index (χ2v) is 4.48. The molecule has 3 nitrogen and oxygen atoms in total. The molecule has 1 aromatic carbocycles. The first-order valence-electron chi connectivity index (χ1n) is 3.57. The van der Waals surface area contributed by atoms with Crippen molar-refractivity contribution in [2.75, 3.05) is 0 Å². The van der Waals surface area contributed by atoms with Crippen molar-refractivity contribution < 1.29 is 8.42 Å². The lowest BCUT2D eigenvalue weighted by atomic mass is 10.2. The van der Waals surface area contributed by atoms with Gasteiger partial charge in [0.25, 0.3) is 0 Å². The van der Waals surface area contributed by atoms with Gasteiger partial charge in [-0.15, -0.1) is 11.6 Å². The number of halogens is 1. The molecule has 0 amide bonds. The van der Waals surface area contributed by atoms with Crippen molar-refractivity contribution in [3.63, 3.8) is 0 Å². The van der Waals surface area contributed by atoms with Gasteiger partial charge >= 0.3 is 0 Å². The largest absolute Gasteiger partial charge is 0.241 e. The van der Waals surface area contributed by atoms with Gasteiger partial charge in [0.15, 0.2) is 0 Å². The van der Waals surface area contributed by atoms with Crippen LogP contribution in [0.25, 0.3) is 0 Å². The van der Waals surface area contributed by atoms with Crippen molar-refractivity contribution in [1.82, 2.24) is 4.72 Å². The Labute approximate surface area is 82.8 Å². The quantitative estimate of drug-likeness (QED) is 0.784. The lowest BCUT2D eigenvalue weighted by molar-refractivity contribution is 0.589. The summed E-state index contributed by atoms with van der Waals surface area (Å²) in [6.45, 7) is 1.89. The molecule has 0 heterocycles. The zero-order valence-corrected chi connectivity index (χ0v) is 8.56. The van der Waals surface area contributed by atoms with E-state index in [1.165, 1.54) is 12.1 Å². The first kappa shape index (κ1) is 10.5. The highest BCUT2D eigenvalue weighted by Crippen LogP contribution is 2.09. The Bertz CT molecular complexity index is 372. The molecule has 0 spiro atoms. The molecule has 71 valence electrons. The number of benzene rings is 1. The summed E-state index contributed by atoms with van der Waals surface area (Å²) in [5, 5.41) is 0. The summed E-state index contributed by atoms with van der Waals surface area (Å²) in [7, 11) is -3.46. The molecule has 0 bridgehead atoms. The van der Waals surface area contributed by atoms with E-state index in [2.05, 4.69) is 4.72 Å². The minimum atomic E-state index is -3.46. The zero-order chi connectivity index (χ0) is 9.90. The molecular weight excluding hydrogens is 210 g/mol. The molecule has 1 N–H and O–H groups in total. The van der Waals surface area contributed by atoms with Crippen LogP contribution in [0.3, 0.4) is 0 Å². The summed E-state index contributed by atoms with van der Waals surface area (Å²) in [5.41, 5.74) is 1.01. The molecule has 0 atom stereocenters. The van der Waals surface area contributed by atoms with E-state index in [0.717, 1.165) is 11.6 Å². The van der Waals surface area contributed by atoms with Crippen molar-refractivity contribution in [3.05, 3.63) is 35.8 Å². The van der Waals surface area contributed by atoms with E-state index in [9.17, 15) is 8.42 Å². The monoisotopic (exact) mass is 218 g/mol. The summed E-state index contributed by atoms with van der Waals surface area (Å²) in [4.78, 5) is 0.204. The van der Waals surface area contributed by atoms with Gasteiger partial charge in [-0.2, -0.15) is 4.72 Å². The van der Waals surface area contributed by atoms with Crippen molar-refractivity contribution >= 4 is 21.6 Å². The van der Waals surface area contributed by atoms with E-state index in [4.69, 9.17) is 11.6 Å². The van der Waals surface area contributed by atoms with Crippen LogP contribution in [0.4, 0.5) is 0 Å². The Morgan fingerprint density at radius 2 is 1.85 bits per heavy atom. The van der Waals surface area contributed by atoms with Gasteiger partial charge in [-0.1, -0.05) is 17.7 Å². The van der Waals surface area contributed by atoms with E-state index in [1.807, 2.05) is 6.92 Å². The molecule has 0 unspecified atom stereocenters. The molecule has 1 rings (SSSR count). The van der Waals surface area contributed by atoms with Gasteiger partial charge in [-0.3, -0.25) is 0 Å². The van der Waals surface area contributed by atoms with E-state index < -0.39 is 10.0 Å². The van der Waals surface area contributed by atoms with Crippen LogP contribution in [-0.4, -0.2) is 8.42 Å². The highest BCUT2D eigenvalue weighted by Gasteiger charge is 2.11. The molecule has 0 aromatic heterocycles. The maximum absolute atomic E-state index is 11.3. The van der Waals surface area contributed by atoms with Crippen molar-refractivity contribution in [1.29, 1.82) is 0 Å². The summed E-state index contributed by atoms with van der Waals surface area (Å²) in [6, 6.07) is 7.37. The van der Waals surface area contributed by atoms with Gasteiger partial charge in [-0.25, -0.2) is 8.42 Å². The minimum Gasteiger partial charge on any atom is -0.207 e. The van der Waals surface area contributed by atoms with Gasteiger partial charge in [0.2, 0.25) is 10.0 Å². The minimum absolute atomic E-state index is 0.204. The predicted molar refractivity (Wildman–Crippen MR) is 51.7 cm³/mol. The molecule has 0 saturated heterocycles. The first-order valence-corrected chi connectivity index (χ1v) is 5.49. The number of sulfonamides is 1. The topological polar surface area (TPSA) is 46.2 Å². The Morgan fingerprint density at radius 1 is 1.31 bits per heavy atom. The molecule has 5 heteroatoms. The van der Waals surface area contributed by atoms with Gasteiger partial charge in [-0.05, 0) is 19.1 Å². The molecule has 0 aliphatic carbocycles. The average Bonchev–Trinajstić information content (AvgIpc) is 2.05. The van der Waals surface area contributed by atoms with Gasteiger partial charge in [0, 0.05) is 0 Å². The van der Waals surface area contributed by atoms with Crippen LogP contribution >= 0.6 is 11.6 Å². The number of aryl methyl sites for hydroxylation is 1. The molecule has 0 aliphatic rings. The van der Waals surface area contributed by atoms with Crippen LogP contribution < -0.4 is 4.72 Å². The smallest absolute Gasteiger partial charge is 0.207 e. The maximum Gasteiger partial charge on any atom is 0.241 e. The SMILES string of the molecule is Cc1ccc(S(=O)(=O)N[CH]Cl)cc1. The third-order valence-electron chi connectivity index (χ3n) is 1.53. The van der Waals surface area contributed by atoms with Crippen LogP contribution in [0.2, 0.25) is 0 Å². The highest BCUT2D eigenvalue weighted by molar-refractivity contribution is 7.89. The second kappa shape index (κ2) is 4.09. The molecule has 1 aromatic rings. The summed E-state index contributed by atoms with van der Waals surface area (Å²) >= 11 is 5.15. The Kier molecular flexibility index (Phi) is 3.30. The third-order valence-corrected chi connectivity index (χ3v) is 3.09. The highest BCUT2D eigenvalue weighted by atomic mass is 35.5. The zero-order valence-electron chi connectivity index (χ0n) is 6.99. The molecular formula is C8H9ClNO2S. The van der Waals surface area contributed by atoms with Crippen LogP contribution in [-0.2, 0) is 10.0 Å². The van der Waals surface area contributed by atoms with Crippen LogP contribution in [0.5, 0.6) is 0 Å². The second-order valence-electron chi connectivity index (χ2n) is 2.54. The number of rotatable bonds is 3. The van der Waals surface area contributed by atoms with Crippen LogP contribution in [0.15, 0.2) is 29.2 Å². The Morgan fingerprint density at radius 3 is 2.31 bits per heavy atom. The van der Waals surface area contributed by atoms with Gasteiger partial charge < -0.3 is 0 Å². The average molecular weight is 219 g/mol. The van der Waals surface area contributed by atoms with E-state index >= 15 is 0 Å². The maximum atomic E-state index is 11.3. The van der Waals surface area contributed by atoms with Gasteiger partial charge in [0.05, 0.1) is 4.90 Å². The van der Waals surface area contributed by atoms with Crippen molar-refractivity contribution in [2.24, 2.45) is 0 Å². The Balaban J connectivity index is 3.02. The first-order chi connectivity index (χ1) is 6.06. The number of hydrogen-bond acceptors (Lipinski definition) is 2. The molecule has 0 saturated carbocycles. The molecule has 13 heavy (non-hydrogen) atoms. The summed E-state index contributed by atoms with van der Waals surface area (Å²) < 4.78 is 24.7. The van der Waals surface area contributed by atoms with Crippen LogP contribution in [0, 0.1) is 12.9 Å². The Hall–Kier alpha value is -0.580. The van der Waals surface area contributed by atoms with Crippen LogP contribution in [0.1, 0.15) is 5.56 Å². The normalized spacial score (nSPS) is 11.5. The fourth-order valence-electron chi connectivity index (χ4n) is 0.844. The lowest BCUT2D eigenvalue weighted by Crippen LogP contribution is -2.18. The van der Waals surface area contributed by atoms with E-state index in [-0.39, 0.29) is 4.90 Å². The number of nitrogens with one attached hydrogen (secondary N) is 1. The molecule has 0 aliphatic heterocycles. The van der Waals surface area contributed by atoms with Gasteiger partial charge in [0.1, 0.15) is 6.00 Å². The lowest BCUT2D eigenvalue weighted by Gasteiger charge is -2.02. The molecule has 1 radical (unpaired) electrons. The predicted octanol–water partition coefficient (Wildman–Crippen LogP) is 1.63. The van der Waals surface area contributed by atoms with Crippen molar-refractivity contribution in [2.45, 2.75) is 11.8 Å². The number of hydrogen-bond donors (Lipinski definition) is 1. The molecule has 0 fully saturated rings. The van der Waals surface area contributed by atoms with E-state index in [1.54, 1.807) is 12.1 Å². The van der Waals surface area contributed by atoms with E-state index in [0.29, 0.717) is 0 Å².